The topological polar surface area (TPSA) is 52.6 Å². The number of ether oxygens (including phenoxy) is 2. The fourth-order valence-corrected chi connectivity index (χ4v) is 3.55. The van der Waals surface area contributed by atoms with Crippen LogP contribution in [0, 0.1) is 0 Å². The number of carbonyl (C=O) groups excluding carboxylic acids is 2. The number of unbranched alkanes of at least 4 members (excludes halogenated alkanes) is 13. The molecule has 0 aliphatic carbocycles. The SMILES string of the molecule is CC(C)(C)OC(=O)C/C=C/CCCCCCCCCCCCCCCC(=O)OC(C)(C)C. The smallest absolute Gasteiger partial charge is 0.310 e. The van der Waals surface area contributed by atoms with Crippen molar-refractivity contribution in [3.8, 4) is 0 Å². The highest BCUT2D eigenvalue weighted by atomic mass is 16.6. The van der Waals surface area contributed by atoms with E-state index < -0.39 is 5.60 Å². The molecule has 0 atom stereocenters. The molecule has 0 N–H and O–H groups in total. The van der Waals surface area contributed by atoms with Crippen molar-refractivity contribution in [2.75, 3.05) is 0 Å². The van der Waals surface area contributed by atoms with Gasteiger partial charge in [0.05, 0.1) is 6.42 Å². The van der Waals surface area contributed by atoms with E-state index in [1.54, 1.807) is 0 Å². The van der Waals surface area contributed by atoms with E-state index >= 15 is 0 Å². The molecule has 0 rings (SSSR count). The zero-order valence-electron chi connectivity index (χ0n) is 22.1. The van der Waals surface area contributed by atoms with Crippen LogP contribution in [0.15, 0.2) is 12.2 Å². The second kappa shape index (κ2) is 18.1. The molecule has 188 valence electrons. The third-order valence-electron chi connectivity index (χ3n) is 5.04. The Labute approximate surface area is 198 Å². The fourth-order valence-electron chi connectivity index (χ4n) is 3.55. The Bertz CT molecular complexity index is 509. The van der Waals surface area contributed by atoms with E-state index in [1.807, 2.05) is 47.6 Å². The average Bonchev–Trinajstić information content (AvgIpc) is 2.64. The first-order valence-electron chi connectivity index (χ1n) is 13.1. The molecule has 0 spiro atoms. The monoisotopic (exact) mass is 452 g/mol. The number of hydrogen-bond acceptors (Lipinski definition) is 4. The van der Waals surface area contributed by atoms with Gasteiger partial charge in [0.2, 0.25) is 0 Å². The van der Waals surface area contributed by atoms with E-state index in [4.69, 9.17) is 9.47 Å². The molecular formula is C28H52O4. The Kier molecular flexibility index (Phi) is 17.4. The molecule has 0 aliphatic heterocycles. The third kappa shape index (κ3) is 24.9. The summed E-state index contributed by atoms with van der Waals surface area (Å²) in [6.07, 6.45) is 22.5. The van der Waals surface area contributed by atoms with E-state index in [1.165, 1.54) is 70.6 Å². The van der Waals surface area contributed by atoms with E-state index in [-0.39, 0.29) is 17.5 Å². The molecule has 4 heteroatoms. The molecule has 0 amide bonds. The molecule has 32 heavy (non-hydrogen) atoms. The first kappa shape index (κ1) is 30.7. The zero-order valence-corrected chi connectivity index (χ0v) is 22.1. The molecule has 0 unspecified atom stereocenters. The predicted octanol–water partition coefficient (Wildman–Crippen LogP) is 8.47. The molecule has 0 aromatic carbocycles. The normalized spacial score (nSPS) is 12.3. The van der Waals surface area contributed by atoms with Gasteiger partial charge in [-0.3, -0.25) is 9.59 Å². The van der Waals surface area contributed by atoms with Crippen LogP contribution in [0.4, 0.5) is 0 Å². The van der Waals surface area contributed by atoms with E-state index in [2.05, 4.69) is 6.08 Å². The molecule has 0 radical (unpaired) electrons. The van der Waals surface area contributed by atoms with Crippen molar-refractivity contribution < 1.29 is 19.1 Å². The summed E-state index contributed by atoms with van der Waals surface area (Å²) in [5, 5.41) is 0. The number of allylic oxidation sites excluding steroid dienone is 1. The lowest BCUT2D eigenvalue weighted by Gasteiger charge is -2.19. The van der Waals surface area contributed by atoms with Gasteiger partial charge in [-0.15, -0.1) is 0 Å². The van der Waals surface area contributed by atoms with Gasteiger partial charge in [0.1, 0.15) is 11.2 Å². The van der Waals surface area contributed by atoms with Crippen LogP contribution in [-0.4, -0.2) is 23.1 Å². The van der Waals surface area contributed by atoms with Gasteiger partial charge in [0.15, 0.2) is 0 Å². The summed E-state index contributed by atoms with van der Waals surface area (Å²) < 4.78 is 10.6. The number of esters is 2. The first-order valence-corrected chi connectivity index (χ1v) is 13.1. The largest absolute Gasteiger partial charge is 0.460 e. The highest BCUT2D eigenvalue weighted by molar-refractivity contribution is 5.71. The quantitative estimate of drug-likeness (QED) is 0.119. The van der Waals surface area contributed by atoms with Crippen LogP contribution >= 0.6 is 0 Å². The van der Waals surface area contributed by atoms with Crippen molar-refractivity contribution in [3.63, 3.8) is 0 Å². The summed E-state index contributed by atoms with van der Waals surface area (Å²) in [6, 6.07) is 0. The van der Waals surface area contributed by atoms with Crippen LogP contribution in [0.25, 0.3) is 0 Å². The van der Waals surface area contributed by atoms with Crippen molar-refractivity contribution in [1.82, 2.24) is 0 Å². The van der Waals surface area contributed by atoms with Gasteiger partial charge >= 0.3 is 11.9 Å². The minimum atomic E-state index is -0.393. The van der Waals surface area contributed by atoms with Crippen LogP contribution in [-0.2, 0) is 19.1 Å². The minimum Gasteiger partial charge on any atom is -0.460 e. The highest BCUT2D eigenvalue weighted by Gasteiger charge is 2.15. The summed E-state index contributed by atoms with van der Waals surface area (Å²) >= 11 is 0. The van der Waals surface area contributed by atoms with Crippen LogP contribution in [0.3, 0.4) is 0 Å². The molecule has 0 bridgehead atoms. The van der Waals surface area contributed by atoms with Crippen molar-refractivity contribution in [2.45, 2.75) is 155 Å². The molecule has 0 aromatic rings. The van der Waals surface area contributed by atoms with E-state index in [9.17, 15) is 9.59 Å². The maximum Gasteiger partial charge on any atom is 0.310 e. The summed E-state index contributed by atoms with van der Waals surface area (Å²) in [6.45, 7) is 11.4. The predicted molar refractivity (Wildman–Crippen MR) is 135 cm³/mol. The van der Waals surface area contributed by atoms with Crippen molar-refractivity contribution in [1.29, 1.82) is 0 Å². The van der Waals surface area contributed by atoms with Gasteiger partial charge in [-0.05, 0) is 60.8 Å². The summed E-state index contributed by atoms with van der Waals surface area (Å²) in [7, 11) is 0. The van der Waals surface area contributed by atoms with Gasteiger partial charge in [-0.25, -0.2) is 0 Å². The van der Waals surface area contributed by atoms with Gasteiger partial charge in [-0.1, -0.05) is 82.8 Å². The lowest BCUT2D eigenvalue weighted by atomic mass is 10.0. The van der Waals surface area contributed by atoms with Gasteiger partial charge in [0.25, 0.3) is 0 Å². The summed E-state index contributed by atoms with van der Waals surface area (Å²) in [5.74, 6) is -0.209. The van der Waals surface area contributed by atoms with Crippen LogP contribution in [0.2, 0.25) is 0 Å². The molecule has 0 aromatic heterocycles. The fraction of sp³-hybridized carbons (Fsp3) is 0.857. The summed E-state index contributed by atoms with van der Waals surface area (Å²) in [5.41, 5.74) is -0.756. The molecule has 0 heterocycles. The highest BCUT2D eigenvalue weighted by Crippen LogP contribution is 2.15. The Balaban J connectivity index is 3.29. The number of carbonyl (C=O) groups is 2. The third-order valence-corrected chi connectivity index (χ3v) is 5.04. The molecule has 4 nitrogen and oxygen atoms in total. The van der Waals surface area contributed by atoms with Gasteiger partial charge in [-0.2, -0.15) is 0 Å². The maximum atomic E-state index is 11.6. The Morgan fingerprint density at radius 2 is 0.906 bits per heavy atom. The van der Waals surface area contributed by atoms with E-state index in [0.29, 0.717) is 12.8 Å². The standard InChI is InChI=1S/C28H52O4/c1-27(2,3)31-25(29)23-21-19-17-15-13-11-9-7-8-10-12-14-16-18-20-22-24-26(30)32-28(4,5)6/h19,21H,7-18,20,22-24H2,1-6H3/b21-19+. The first-order chi connectivity index (χ1) is 15.0. The number of hydrogen-bond donors (Lipinski definition) is 0. The van der Waals surface area contributed by atoms with Crippen LogP contribution in [0.5, 0.6) is 0 Å². The Hall–Kier alpha value is -1.32. The Morgan fingerprint density at radius 3 is 1.34 bits per heavy atom. The van der Waals surface area contributed by atoms with E-state index in [0.717, 1.165) is 19.3 Å². The van der Waals surface area contributed by atoms with Gasteiger partial charge in [0, 0.05) is 6.42 Å². The molecular weight excluding hydrogens is 400 g/mol. The molecule has 0 saturated carbocycles. The van der Waals surface area contributed by atoms with Crippen LogP contribution < -0.4 is 0 Å². The van der Waals surface area contributed by atoms with Gasteiger partial charge < -0.3 is 9.47 Å². The maximum absolute atomic E-state index is 11.6. The molecule has 0 aliphatic rings. The zero-order chi connectivity index (χ0) is 24.3. The Morgan fingerprint density at radius 1 is 0.531 bits per heavy atom. The van der Waals surface area contributed by atoms with Crippen molar-refractivity contribution >= 4 is 11.9 Å². The molecule has 0 fully saturated rings. The number of rotatable bonds is 18. The van der Waals surface area contributed by atoms with Crippen molar-refractivity contribution in [2.24, 2.45) is 0 Å². The van der Waals surface area contributed by atoms with Crippen molar-refractivity contribution in [3.05, 3.63) is 12.2 Å². The second-order valence-electron chi connectivity index (χ2n) is 11.0. The lowest BCUT2D eigenvalue weighted by Crippen LogP contribution is -2.23. The minimum absolute atomic E-state index is 0.0628. The lowest BCUT2D eigenvalue weighted by molar-refractivity contribution is -0.155. The average molecular weight is 453 g/mol. The summed E-state index contributed by atoms with van der Waals surface area (Å²) in [4.78, 5) is 23.2. The second-order valence-corrected chi connectivity index (χ2v) is 11.0. The van der Waals surface area contributed by atoms with Crippen LogP contribution in [0.1, 0.15) is 144 Å². The molecule has 0 saturated heterocycles.